The molecule has 0 aliphatic carbocycles. The van der Waals surface area contributed by atoms with Crippen molar-refractivity contribution < 1.29 is 9.53 Å². The number of carbonyl (C=O) groups excluding carboxylic acids is 1. The first kappa shape index (κ1) is 20.7. The van der Waals surface area contributed by atoms with Crippen LogP contribution in [0.4, 0.5) is 11.4 Å². The summed E-state index contributed by atoms with van der Waals surface area (Å²) in [5.41, 5.74) is 4.11. The monoisotopic (exact) mass is 412 g/mol. The molecule has 3 aromatic carbocycles. The Morgan fingerprint density at radius 1 is 0.871 bits per heavy atom. The number of benzene rings is 3. The second-order valence-corrected chi connectivity index (χ2v) is 7.76. The maximum absolute atomic E-state index is 12.3. The summed E-state index contributed by atoms with van der Waals surface area (Å²) in [6.07, 6.45) is 7.18. The van der Waals surface area contributed by atoms with Gasteiger partial charge in [-0.1, -0.05) is 42.5 Å². The summed E-state index contributed by atoms with van der Waals surface area (Å²) in [6.45, 7) is 2.77. The van der Waals surface area contributed by atoms with Gasteiger partial charge in [0.1, 0.15) is 12.4 Å². The van der Waals surface area contributed by atoms with E-state index in [-0.39, 0.29) is 5.91 Å². The molecule has 1 saturated heterocycles. The van der Waals surface area contributed by atoms with E-state index in [2.05, 4.69) is 22.3 Å². The Morgan fingerprint density at radius 2 is 1.58 bits per heavy atom. The minimum absolute atomic E-state index is 0.143. The van der Waals surface area contributed by atoms with E-state index >= 15 is 0 Å². The minimum Gasteiger partial charge on any atom is -0.489 e. The third kappa shape index (κ3) is 6.22. The van der Waals surface area contributed by atoms with E-state index in [1.807, 2.05) is 66.7 Å². The molecular formula is C27H28N2O2. The molecule has 0 unspecified atom stereocenters. The lowest BCUT2D eigenvalue weighted by Crippen LogP contribution is -2.29. The largest absolute Gasteiger partial charge is 0.489 e. The number of nitrogens with zero attached hydrogens (tertiary/aromatic N) is 1. The highest BCUT2D eigenvalue weighted by molar-refractivity contribution is 6.02. The SMILES string of the molecule is O=C(/C=C/c1ccc(OCc2ccccc2)cc1)Nc1ccc(N2CCCCC2)cc1. The van der Waals surface area contributed by atoms with Gasteiger partial charge in [-0.25, -0.2) is 0 Å². The Labute approximate surface area is 184 Å². The van der Waals surface area contributed by atoms with Gasteiger partial charge >= 0.3 is 0 Å². The molecule has 1 fully saturated rings. The third-order valence-electron chi connectivity index (χ3n) is 5.41. The van der Waals surface area contributed by atoms with Crippen molar-refractivity contribution in [2.45, 2.75) is 25.9 Å². The van der Waals surface area contributed by atoms with E-state index in [0.29, 0.717) is 6.61 Å². The second-order valence-electron chi connectivity index (χ2n) is 7.76. The molecule has 158 valence electrons. The number of carbonyl (C=O) groups is 1. The van der Waals surface area contributed by atoms with Crippen LogP contribution in [-0.4, -0.2) is 19.0 Å². The van der Waals surface area contributed by atoms with Crippen LogP contribution in [0.25, 0.3) is 6.08 Å². The molecule has 1 heterocycles. The molecule has 0 radical (unpaired) electrons. The normalized spacial score (nSPS) is 13.9. The number of rotatable bonds is 7. The summed E-state index contributed by atoms with van der Waals surface area (Å²) in [4.78, 5) is 14.7. The average molecular weight is 413 g/mol. The summed E-state index contributed by atoms with van der Waals surface area (Å²) >= 11 is 0. The Bertz CT molecular complexity index is 990. The van der Waals surface area contributed by atoms with Crippen molar-refractivity contribution in [2.24, 2.45) is 0 Å². The fourth-order valence-corrected chi connectivity index (χ4v) is 3.68. The molecule has 4 heteroatoms. The lowest BCUT2D eigenvalue weighted by atomic mass is 10.1. The van der Waals surface area contributed by atoms with Gasteiger partial charge in [0.2, 0.25) is 5.91 Å². The molecule has 1 N–H and O–H groups in total. The van der Waals surface area contributed by atoms with E-state index in [0.717, 1.165) is 35.7 Å². The number of hydrogen-bond donors (Lipinski definition) is 1. The van der Waals surface area contributed by atoms with Gasteiger partial charge in [-0.15, -0.1) is 0 Å². The van der Waals surface area contributed by atoms with E-state index in [9.17, 15) is 4.79 Å². The molecule has 31 heavy (non-hydrogen) atoms. The van der Waals surface area contributed by atoms with Crippen LogP contribution < -0.4 is 15.0 Å². The van der Waals surface area contributed by atoms with Crippen molar-refractivity contribution in [3.05, 3.63) is 96.1 Å². The molecule has 4 rings (SSSR count). The second kappa shape index (κ2) is 10.5. The quantitative estimate of drug-likeness (QED) is 0.491. The number of piperidine rings is 1. The third-order valence-corrected chi connectivity index (χ3v) is 5.41. The highest BCUT2D eigenvalue weighted by atomic mass is 16.5. The molecule has 1 amide bonds. The van der Waals surface area contributed by atoms with Gasteiger partial charge in [0.05, 0.1) is 0 Å². The van der Waals surface area contributed by atoms with Crippen molar-refractivity contribution in [1.82, 2.24) is 0 Å². The molecule has 0 spiro atoms. The predicted octanol–water partition coefficient (Wildman–Crippen LogP) is 5.91. The van der Waals surface area contributed by atoms with Crippen LogP contribution in [0.5, 0.6) is 5.75 Å². The maximum Gasteiger partial charge on any atom is 0.248 e. The van der Waals surface area contributed by atoms with Gasteiger partial charge < -0.3 is 15.0 Å². The number of hydrogen-bond acceptors (Lipinski definition) is 3. The first-order valence-electron chi connectivity index (χ1n) is 10.9. The van der Waals surface area contributed by atoms with Gasteiger partial charge in [0.25, 0.3) is 0 Å². The zero-order valence-corrected chi connectivity index (χ0v) is 17.7. The molecular weight excluding hydrogens is 384 g/mol. The smallest absolute Gasteiger partial charge is 0.248 e. The summed E-state index contributed by atoms with van der Waals surface area (Å²) in [5, 5.41) is 2.92. The minimum atomic E-state index is -0.143. The van der Waals surface area contributed by atoms with Crippen LogP contribution in [0, 0.1) is 0 Å². The van der Waals surface area contributed by atoms with Gasteiger partial charge in [-0.05, 0) is 72.9 Å². The summed E-state index contributed by atoms with van der Waals surface area (Å²) < 4.78 is 5.80. The van der Waals surface area contributed by atoms with Crippen molar-refractivity contribution in [3.8, 4) is 5.75 Å². The fraction of sp³-hybridized carbons (Fsp3) is 0.222. The number of nitrogens with one attached hydrogen (secondary N) is 1. The lowest BCUT2D eigenvalue weighted by Gasteiger charge is -2.28. The van der Waals surface area contributed by atoms with E-state index in [1.165, 1.54) is 24.9 Å². The Kier molecular flexibility index (Phi) is 7.01. The lowest BCUT2D eigenvalue weighted by molar-refractivity contribution is -0.111. The molecule has 0 saturated carbocycles. The average Bonchev–Trinajstić information content (AvgIpc) is 2.84. The molecule has 1 aliphatic heterocycles. The summed E-state index contributed by atoms with van der Waals surface area (Å²) in [5.74, 6) is 0.661. The van der Waals surface area contributed by atoms with Crippen LogP contribution in [-0.2, 0) is 11.4 Å². The Balaban J connectivity index is 1.26. The Hall–Kier alpha value is -3.53. The van der Waals surface area contributed by atoms with Crippen molar-refractivity contribution >= 4 is 23.4 Å². The van der Waals surface area contributed by atoms with Crippen LogP contribution in [0.1, 0.15) is 30.4 Å². The van der Waals surface area contributed by atoms with Gasteiger partial charge in [-0.2, -0.15) is 0 Å². The highest BCUT2D eigenvalue weighted by Crippen LogP contribution is 2.22. The van der Waals surface area contributed by atoms with Crippen molar-refractivity contribution in [3.63, 3.8) is 0 Å². The van der Waals surface area contributed by atoms with Gasteiger partial charge in [-0.3, -0.25) is 4.79 Å². The van der Waals surface area contributed by atoms with Crippen molar-refractivity contribution in [1.29, 1.82) is 0 Å². The standard InChI is InChI=1S/C27H28N2O2/c30-27(28-24-12-14-25(15-13-24)29-19-5-2-6-20-29)18-11-22-9-16-26(17-10-22)31-21-23-7-3-1-4-8-23/h1,3-4,7-18H,2,5-6,19-21H2,(H,28,30)/b18-11+. The van der Waals surface area contributed by atoms with Gasteiger partial charge in [0, 0.05) is 30.5 Å². The zero-order chi connectivity index (χ0) is 21.3. The molecule has 1 aliphatic rings. The van der Waals surface area contributed by atoms with Crippen LogP contribution in [0.3, 0.4) is 0 Å². The highest BCUT2D eigenvalue weighted by Gasteiger charge is 2.10. The molecule has 0 atom stereocenters. The topological polar surface area (TPSA) is 41.6 Å². The first-order chi connectivity index (χ1) is 15.3. The summed E-state index contributed by atoms with van der Waals surface area (Å²) in [7, 11) is 0. The zero-order valence-electron chi connectivity index (χ0n) is 17.7. The Morgan fingerprint density at radius 3 is 2.29 bits per heavy atom. The fourth-order valence-electron chi connectivity index (χ4n) is 3.68. The predicted molar refractivity (Wildman–Crippen MR) is 127 cm³/mol. The van der Waals surface area contributed by atoms with E-state index < -0.39 is 0 Å². The van der Waals surface area contributed by atoms with Crippen LogP contribution in [0.15, 0.2) is 84.9 Å². The number of amides is 1. The van der Waals surface area contributed by atoms with E-state index in [4.69, 9.17) is 4.74 Å². The maximum atomic E-state index is 12.3. The molecule has 0 aromatic heterocycles. The van der Waals surface area contributed by atoms with Crippen molar-refractivity contribution in [2.75, 3.05) is 23.3 Å². The molecule has 0 bridgehead atoms. The molecule has 4 nitrogen and oxygen atoms in total. The summed E-state index contributed by atoms with van der Waals surface area (Å²) in [6, 6.07) is 25.9. The van der Waals surface area contributed by atoms with Crippen LogP contribution >= 0.6 is 0 Å². The first-order valence-corrected chi connectivity index (χ1v) is 10.9. The van der Waals surface area contributed by atoms with Gasteiger partial charge in [0.15, 0.2) is 0 Å². The van der Waals surface area contributed by atoms with Crippen LogP contribution in [0.2, 0.25) is 0 Å². The number of ether oxygens (including phenoxy) is 1. The van der Waals surface area contributed by atoms with E-state index in [1.54, 1.807) is 12.2 Å². The number of anilines is 2. The molecule has 3 aromatic rings.